The van der Waals surface area contributed by atoms with Crippen molar-refractivity contribution in [3.05, 3.63) is 47.2 Å². The zero-order valence-electron chi connectivity index (χ0n) is 10.2. The number of pyridine rings is 1. The van der Waals surface area contributed by atoms with E-state index in [1.165, 1.54) is 24.4 Å². The van der Waals surface area contributed by atoms with Crippen LogP contribution in [0.15, 0.2) is 36.5 Å². The first kappa shape index (κ1) is 14.3. The summed E-state index contributed by atoms with van der Waals surface area (Å²) in [5.74, 6) is 0.0141. The average molecular weight is 301 g/mol. The zero-order valence-corrected chi connectivity index (χ0v) is 10.9. The average Bonchev–Trinajstić information content (AvgIpc) is 2.40. The topological polar surface area (TPSA) is 54.4 Å². The van der Waals surface area contributed by atoms with E-state index in [0.29, 0.717) is 17.9 Å². The maximum atomic E-state index is 12.1. The number of rotatable bonds is 5. The van der Waals surface area contributed by atoms with Crippen LogP contribution in [-0.4, -0.2) is 16.7 Å². The molecule has 0 atom stereocenters. The van der Waals surface area contributed by atoms with Gasteiger partial charge in [0.05, 0.1) is 23.5 Å². The number of anilines is 1. The summed E-state index contributed by atoms with van der Waals surface area (Å²) < 4.78 is 28.4. The van der Waals surface area contributed by atoms with Gasteiger partial charge in [0, 0.05) is 5.69 Å². The number of aromatic hydroxyl groups is 1. The molecule has 7 heteroatoms. The summed E-state index contributed by atoms with van der Waals surface area (Å²) in [6, 6.07) is 7.61. The fourth-order valence-electron chi connectivity index (χ4n) is 1.52. The molecule has 0 unspecified atom stereocenters. The van der Waals surface area contributed by atoms with Gasteiger partial charge in [-0.3, -0.25) is 4.98 Å². The molecule has 0 amide bonds. The standard InChI is InChI=1S/C13H11ClF2N2O2/c14-11-5-8(2-4-12(11)20-13(15)16)17-6-9-1-3-10(19)7-18-9/h1-5,7,13,17,19H,6H2. The predicted octanol–water partition coefficient (Wildman–Crippen LogP) is 3.65. The quantitative estimate of drug-likeness (QED) is 0.885. The van der Waals surface area contributed by atoms with Crippen molar-refractivity contribution in [1.29, 1.82) is 0 Å². The molecule has 20 heavy (non-hydrogen) atoms. The molecule has 0 saturated carbocycles. The Morgan fingerprint density at radius 2 is 2.10 bits per heavy atom. The Bertz CT molecular complexity index is 579. The van der Waals surface area contributed by atoms with Gasteiger partial charge >= 0.3 is 6.61 Å². The molecule has 1 aromatic carbocycles. The first-order chi connectivity index (χ1) is 9.54. The third-order valence-electron chi connectivity index (χ3n) is 2.43. The number of hydrogen-bond acceptors (Lipinski definition) is 4. The van der Waals surface area contributed by atoms with Gasteiger partial charge in [0.1, 0.15) is 11.5 Å². The van der Waals surface area contributed by atoms with Crippen molar-refractivity contribution >= 4 is 17.3 Å². The molecular weight excluding hydrogens is 290 g/mol. The van der Waals surface area contributed by atoms with Gasteiger partial charge in [-0.25, -0.2) is 0 Å². The van der Waals surface area contributed by atoms with Crippen LogP contribution in [0, 0.1) is 0 Å². The molecule has 0 radical (unpaired) electrons. The van der Waals surface area contributed by atoms with Crippen LogP contribution in [0.4, 0.5) is 14.5 Å². The van der Waals surface area contributed by atoms with Gasteiger partial charge in [0.2, 0.25) is 0 Å². The van der Waals surface area contributed by atoms with Crippen molar-refractivity contribution in [2.45, 2.75) is 13.2 Å². The lowest BCUT2D eigenvalue weighted by Crippen LogP contribution is -2.04. The highest BCUT2D eigenvalue weighted by atomic mass is 35.5. The number of aromatic nitrogens is 1. The molecule has 0 spiro atoms. The van der Waals surface area contributed by atoms with Crippen LogP contribution in [0.2, 0.25) is 5.02 Å². The number of ether oxygens (including phenoxy) is 1. The van der Waals surface area contributed by atoms with Crippen molar-refractivity contribution in [3.63, 3.8) is 0 Å². The molecule has 2 aromatic rings. The van der Waals surface area contributed by atoms with Crippen LogP contribution < -0.4 is 10.1 Å². The van der Waals surface area contributed by atoms with Gasteiger partial charge in [-0.1, -0.05) is 11.6 Å². The molecule has 4 nitrogen and oxygen atoms in total. The van der Waals surface area contributed by atoms with Crippen molar-refractivity contribution < 1.29 is 18.6 Å². The smallest absolute Gasteiger partial charge is 0.387 e. The van der Waals surface area contributed by atoms with Crippen molar-refractivity contribution in [2.24, 2.45) is 0 Å². The summed E-state index contributed by atoms with van der Waals surface area (Å²) in [5, 5.41) is 12.2. The molecule has 1 heterocycles. The Balaban J connectivity index is 1.99. The third-order valence-corrected chi connectivity index (χ3v) is 2.73. The van der Waals surface area contributed by atoms with E-state index in [1.807, 2.05) is 0 Å². The summed E-state index contributed by atoms with van der Waals surface area (Å²) >= 11 is 5.83. The van der Waals surface area contributed by atoms with Gasteiger partial charge in [-0.2, -0.15) is 8.78 Å². The molecule has 1 aromatic heterocycles. The molecule has 0 aliphatic heterocycles. The van der Waals surface area contributed by atoms with E-state index in [1.54, 1.807) is 12.1 Å². The summed E-state index contributed by atoms with van der Waals surface area (Å²) in [7, 11) is 0. The van der Waals surface area contributed by atoms with E-state index in [9.17, 15) is 8.78 Å². The van der Waals surface area contributed by atoms with E-state index in [2.05, 4.69) is 15.0 Å². The molecule has 0 aliphatic carbocycles. The third kappa shape index (κ3) is 3.96. The highest BCUT2D eigenvalue weighted by molar-refractivity contribution is 6.32. The summed E-state index contributed by atoms with van der Waals surface area (Å²) in [6.07, 6.45) is 1.34. The number of hydrogen-bond donors (Lipinski definition) is 2. The maximum absolute atomic E-state index is 12.1. The Hall–Kier alpha value is -2.08. The first-order valence-electron chi connectivity index (χ1n) is 5.67. The van der Waals surface area contributed by atoms with Gasteiger partial charge in [0.25, 0.3) is 0 Å². The fourth-order valence-corrected chi connectivity index (χ4v) is 1.74. The van der Waals surface area contributed by atoms with Crippen LogP contribution in [-0.2, 0) is 6.54 Å². The molecule has 0 fully saturated rings. The Morgan fingerprint density at radius 1 is 1.30 bits per heavy atom. The van der Waals surface area contributed by atoms with E-state index in [0.717, 1.165) is 0 Å². The largest absolute Gasteiger partial charge is 0.506 e. The van der Waals surface area contributed by atoms with Crippen molar-refractivity contribution in [3.8, 4) is 11.5 Å². The Kier molecular flexibility index (Phi) is 4.57. The highest BCUT2D eigenvalue weighted by Crippen LogP contribution is 2.29. The minimum atomic E-state index is -2.91. The lowest BCUT2D eigenvalue weighted by molar-refractivity contribution is -0.0497. The molecule has 106 valence electrons. The number of nitrogens with zero attached hydrogens (tertiary/aromatic N) is 1. The normalized spacial score (nSPS) is 10.6. The van der Waals surface area contributed by atoms with E-state index in [4.69, 9.17) is 16.7 Å². The summed E-state index contributed by atoms with van der Waals surface area (Å²) in [6.45, 7) is -2.50. The van der Waals surface area contributed by atoms with Gasteiger partial charge in [0.15, 0.2) is 0 Å². The number of alkyl halides is 2. The Morgan fingerprint density at radius 3 is 2.70 bits per heavy atom. The molecule has 0 saturated heterocycles. The highest BCUT2D eigenvalue weighted by Gasteiger charge is 2.09. The molecule has 2 N–H and O–H groups in total. The van der Waals surface area contributed by atoms with Gasteiger partial charge in [-0.15, -0.1) is 0 Å². The summed E-state index contributed by atoms with van der Waals surface area (Å²) in [4.78, 5) is 4.00. The summed E-state index contributed by atoms with van der Waals surface area (Å²) in [5.41, 5.74) is 1.36. The second-order valence-electron chi connectivity index (χ2n) is 3.88. The van der Waals surface area contributed by atoms with Crippen LogP contribution in [0.3, 0.4) is 0 Å². The lowest BCUT2D eigenvalue weighted by Gasteiger charge is -2.10. The number of halogens is 3. The van der Waals surface area contributed by atoms with E-state index in [-0.39, 0.29) is 16.5 Å². The monoisotopic (exact) mass is 300 g/mol. The fraction of sp³-hybridized carbons (Fsp3) is 0.154. The molecule has 0 aliphatic rings. The minimum Gasteiger partial charge on any atom is -0.506 e. The van der Waals surface area contributed by atoms with Crippen LogP contribution in [0.5, 0.6) is 11.5 Å². The minimum absolute atomic E-state index is 0.0741. The molecular formula is C13H11ClF2N2O2. The van der Waals surface area contributed by atoms with Gasteiger partial charge < -0.3 is 15.2 Å². The Labute approximate surface area is 119 Å². The SMILES string of the molecule is Oc1ccc(CNc2ccc(OC(F)F)c(Cl)c2)nc1. The zero-order chi connectivity index (χ0) is 14.5. The van der Waals surface area contributed by atoms with Crippen LogP contribution in [0.1, 0.15) is 5.69 Å². The first-order valence-corrected chi connectivity index (χ1v) is 6.04. The second-order valence-corrected chi connectivity index (χ2v) is 4.29. The lowest BCUT2D eigenvalue weighted by atomic mass is 10.3. The molecule has 2 rings (SSSR count). The van der Waals surface area contributed by atoms with Crippen molar-refractivity contribution in [1.82, 2.24) is 4.98 Å². The van der Waals surface area contributed by atoms with E-state index >= 15 is 0 Å². The van der Waals surface area contributed by atoms with Crippen molar-refractivity contribution in [2.75, 3.05) is 5.32 Å². The number of benzene rings is 1. The molecule has 0 bridgehead atoms. The second kappa shape index (κ2) is 6.38. The van der Waals surface area contributed by atoms with Gasteiger partial charge in [-0.05, 0) is 30.3 Å². The van der Waals surface area contributed by atoms with Crippen LogP contribution in [0.25, 0.3) is 0 Å². The van der Waals surface area contributed by atoms with E-state index < -0.39 is 6.61 Å². The van der Waals surface area contributed by atoms with Crippen LogP contribution >= 0.6 is 11.6 Å². The maximum Gasteiger partial charge on any atom is 0.387 e. The predicted molar refractivity (Wildman–Crippen MR) is 71.3 cm³/mol. The number of nitrogens with one attached hydrogen (secondary N) is 1.